The van der Waals surface area contributed by atoms with Crippen LogP contribution >= 0.6 is 23.2 Å². The SMILES string of the molecule is CC(C)C(OC[C@@H]1CC[C@@H]2[C@@H](/C=C/[C@@H](O)COc3cc(Cl)cc(Cl)c3)[C@H](O)C[C@@H]2OC1)C(=O)O. The number of rotatable bonds is 10. The molecule has 1 aliphatic heterocycles. The van der Waals surface area contributed by atoms with Crippen LogP contribution in [0.4, 0.5) is 0 Å². The van der Waals surface area contributed by atoms with Gasteiger partial charge in [0.1, 0.15) is 18.5 Å². The van der Waals surface area contributed by atoms with Crippen LogP contribution in [0.5, 0.6) is 5.75 Å². The third-order valence-corrected chi connectivity index (χ3v) is 6.95. The highest BCUT2D eigenvalue weighted by atomic mass is 35.5. The van der Waals surface area contributed by atoms with E-state index < -0.39 is 24.3 Å². The van der Waals surface area contributed by atoms with Gasteiger partial charge in [-0.05, 0) is 42.9 Å². The summed E-state index contributed by atoms with van der Waals surface area (Å²) in [5, 5.41) is 31.2. The van der Waals surface area contributed by atoms with Crippen LogP contribution in [0.25, 0.3) is 0 Å². The molecule has 0 spiro atoms. The monoisotopic (exact) mass is 516 g/mol. The topological polar surface area (TPSA) is 105 Å². The lowest BCUT2D eigenvalue weighted by Crippen LogP contribution is -2.32. The van der Waals surface area contributed by atoms with Crippen molar-refractivity contribution >= 4 is 29.2 Å². The number of ether oxygens (including phenoxy) is 3. The van der Waals surface area contributed by atoms with E-state index in [9.17, 15) is 20.1 Å². The summed E-state index contributed by atoms with van der Waals surface area (Å²) in [7, 11) is 0. The fourth-order valence-electron chi connectivity index (χ4n) is 4.74. The lowest BCUT2D eigenvalue weighted by molar-refractivity contribution is -0.155. The number of aliphatic carboxylic acids is 1. The summed E-state index contributed by atoms with van der Waals surface area (Å²) < 4.78 is 17.4. The van der Waals surface area contributed by atoms with Crippen LogP contribution in [0, 0.1) is 23.7 Å². The second-order valence-corrected chi connectivity index (χ2v) is 10.4. The molecule has 3 N–H and O–H groups in total. The lowest BCUT2D eigenvalue weighted by Gasteiger charge is -2.22. The molecule has 1 saturated heterocycles. The average Bonchev–Trinajstić information content (AvgIpc) is 2.91. The van der Waals surface area contributed by atoms with Crippen molar-refractivity contribution in [3.63, 3.8) is 0 Å². The minimum Gasteiger partial charge on any atom is -0.490 e. The van der Waals surface area contributed by atoms with E-state index in [-0.39, 0.29) is 36.4 Å². The number of aliphatic hydroxyl groups is 2. The maximum Gasteiger partial charge on any atom is 0.333 e. The van der Waals surface area contributed by atoms with Gasteiger partial charge in [-0.3, -0.25) is 0 Å². The Kier molecular flexibility index (Phi) is 10.1. The number of hydrogen-bond donors (Lipinski definition) is 3. The van der Waals surface area contributed by atoms with E-state index in [0.29, 0.717) is 35.4 Å². The Bertz CT molecular complexity index is 826. The van der Waals surface area contributed by atoms with Crippen LogP contribution in [0.1, 0.15) is 33.1 Å². The molecular formula is C25H34Cl2O7. The molecule has 1 aromatic carbocycles. The molecule has 0 aromatic heterocycles. The molecule has 0 bridgehead atoms. The first kappa shape index (κ1) is 27.2. The third-order valence-electron chi connectivity index (χ3n) is 6.52. The normalized spacial score (nSPS) is 29.1. The smallest absolute Gasteiger partial charge is 0.333 e. The van der Waals surface area contributed by atoms with Crippen molar-refractivity contribution in [2.45, 2.75) is 57.5 Å². The van der Waals surface area contributed by atoms with Crippen molar-refractivity contribution < 1.29 is 34.3 Å². The summed E-state index contributed by atoms with van der Waals surface area (Å²) in [4.78, 5) is 11.4. The zero-order valence-electron chi connectivity index (χ0n) is 19.5. The first-order valence-corrected chi connectivity index (χ1v) is 12.5. The quantitative estimate of drug-likeness (QED) is 0.400. The summed E-state index contributed by atoms with van der Waals surface area (Å²) >= 11 is 11.9. The van der Waals surface area contributed by atoms with Crippen molar-refractivity contribution in [1.29, 1.82) is 0 Å². The van der Waals surface area contributed by atoms with Gasteiger partial charge in [-0.15, -0.1) is 0 Å². The number of carboxylic acid groups (broad SMARTS) is 1. The Balaban J connectivity index is 1.52. The largest absolute Gasteiger partial charge is 0.490 e. The number of aliphatic hydroxyl groups excluding tert-OH is 2. The molecule has 190 valence electrons. The molecule has 9 heteroatoms. The minimum absolute atomic E-state index is 0.0284. The van der Waals surface area contributed by atoms with Crippen LogP contribution in [0.2, 0.25) is 10.0 Å². The van der Waals surface area contributed by atoms with Gasteiger partial charge in [0.05, 0.1) is 25.4 Å². The molecule has 1 aliphatic carbocycles. The summed E-state index contributed by atoms with van der Waals surface area (Å²) in [5.74, 6) is -0.496. The number of halogens is 2. The van der Waals surface area contributed by atoms with Gasteiger partial charge in [0.25, 0.3) is 0 Å². The predicted molar refractivity (Wildman–Crippen MR) is 129 cm³/mol. The van der Waals surface area contributed by atoms with Crippen molar-refractivity contribution in [3.8, 4) is 5.75 Å². The standard InChI is InChI=1S/C25H34Cl2O7/c1-14(2)24(25(30)31)34-12-15-3-5-21-20(22(29)10-23(21)33-11-15)6-4-18(28)13-32-19-8-16(26)7-17(27)9-19/h4,6-9,14-15,18,20-24,28-29H,3,5,10-13H2,1-2H3,(H,30,31)/b6-4+/t15-,18-,20-,21-,22-,23+,24?/m1/s1. The fourth-order valence-corrected chi connectivity index (χ4v) is 5.25. The van der Waals surface area contributed by atoms with Gasteiger partial charge >= 0.3 is 5.97 Å². The van der Waals surface area contributed by atoms with Gasteiger partial charge in [-0.2, -0.15) is 0 Å². The summed E-state index contributed by atoms with van der Waals surface area (Å²) in [6.45, 7) is 4.50. The van der Waals surface area contributed by atoms with Gasteiger partial charge < -0.3 is 29.5 Å². The molecule has 0 amide bonds. The molecule has 1 saturated carbocycles. The van der Waals surface area contributed by atoms with E-state index in [1.807, 2.05) is 19.9 Å². The highest BCUT2D eigenvalue weighted by Gasteiger charge is 2.43. The Morgan fingerprint density at radius 3 is 2.59 bits per heavy atom. The number of carboxylic acids is 1. The van der Waals surface area contributed by atoms with E-state index in [0.717, 1.165) is 12.8 Å². The van der Waals surface area contributed by atoms with E-state index in [2.05, 4.69) is 0 Å². The zero-order valence-corrected chi connectivity index (χ0v) is 21.0. The molecule has 7 atom stereocenters. The highest BCUT2D eigenvalue weighted by molar-refractivity contribution is 6.34. The van der Waals surface area contributed by atoms with Crippen LogP contribution in [-0.4, -0.2) is 65.5 Å². The van der Waals surface area contributed by atoms with Gasteiger partial charge in [0.2, 0.25) is 0 Å². The fraction of sp³-hybridized carbons (Fsp3) is 0.640. The Morgan fingerprint density at radius 1 is 1.24 bits per heavy atom. The van der Waals surface area contributed by atoms with Crippen molar-refractivity contribution in [3.05, 3.63) is 40.4 Å². The average molecular weight is 517 g/mol. The molecule has 1 aromatic rings. The molecule has 1 unspecified atom stereocenters. The van der Waals surface area contributed by atoms with E-state index in [4.69, 9.17) is 37.4 Å². The van der Waals surface area contributed by atoms with E-state index in [1.165, 1.54) is 0 Å². The lowest BCUT2D eigenvalue weighted by atomic mass is 9.87. The minimum atomic E-state index is -0.948. The summed E-state index contributed by atoms with van der Waals surface area (Å²) in [6.07, 6.45) is 3.38. The van der Waals surface area contributed by atoms with Crippen molar-refractivity contribution in [1.82, 2.24) is 0 Å². The number of fused-ring (bicyclic) bond motifs is 1. The Hall–Kier alpha value is -1.35. The zero-order chi connectivity index (χ0) is 24.8. The molecule has 7 nitrogen and oxygen atoms in total. The summed E-state index contributed by atoms with van der Waals surface area (Å²) in [5.41, 5.74) is 0. The highest BCUT2D eigenvalue weighted by Crippen LogP contribution is 2.41. The molecule has 2 fully saturated rings. The Labute approximate surface area is 210 Å². The molecule has 2 aliphatic rings. The van der Waals surface area contributed by atoms with E-state index in [1.54, 1.807) is 24.3 Å². The van der Waals surface area contributed by atoms with Crippen LogP contribution < -0.4 is 4.74 Å². The molecule has 3 rings (SSSR count). The summed E-state index contributed by atoms with van der Waals surface area (Å²) in [6, 6.07) is 4.85. The molecule has 1 heterocycles. The van der Waals surface area contributed by atoms with Crippen molar-refractivity contribution in [2.75, 3.05) is 19.8 Å². The van der Waals surface area contributed by atoms with Crippen LogP contribution in [-0.2, 0) is 14.3 Å². The van der Waals surface area contributed by atoms with Gasteiger partial charge in [-0.25, -0.2) is 4.79 Å². The third kappa shape index (κ3) is 7.57. The van der Waals surface area contributed by atoms with Gasteiger partial charge in [0, 0.05) is 28.3 Å². The molecule has 0 radical (unpaired) electrons. The molecule has 34 heavy (non-hydrogen) atoms. The maximum atomic E-state index is 11.4. The first-order chi connectivity index (χ1) is 16.1. The number of benzene rings is 1. The van der Waals surface area contributed by atoms with E-state index >= 15 is 0 Å². The van der Waals surface area contributed by atoms with Gasteiger partial charge in [0.15, 0.2) is 6.10 Å². The van der Waals surface area contributed by atoms with Crippen molar-refractivity contribution in [2.24, 2.45) is 23.7 Å². The first-order valence-electron chi connectivity index (χ1n) is 11.7. The number of carbonyl (C=O) groups is 1. The predicted octanol–water partition coefficient (Wildman–Crippen LogP) is 4.21. The molecular weight excluding hydrogens is 483 g/mol. The second-order valence-electron chi connectivity index (χ2n) is 9.56. The maximum absolute atomic E-state index is 11.4. The van der Waals surface area contributed by atoms with Crippen LogP contribution in [0.3, 0.4) is 0 Å². The van der Waals surface area contributed by atoms with Crippen LogP contribution in [0.15, 0.2) is 30.4 Å². The Morgan fingerprint density at radius 2 is 1.94 bits per heavy atom. The van der Waals surface area contributed by atoms with Gasteiger partial charge in [-0.1, -0.05) is 49.2 Å². The second kappa shape index (κ2) is 12.6. The number of hydrogen-bond acceptors (Lipinski definition) is 6.